The van der Waals surface area contributed by atoms with E-state index >= 15 is 8.78 Å². The minimum atomic E-state index is -5.69. The molecule has 0 spiro atoms. The molecular weight excluding hydrogens is 861 g/mol. The van der Waals surface area contributed by atoms with Crippen LogP contribution in [-0.2, 0) is 35.5 Å². The summed E-state index contributed by atoms with van der Waals surface area (Å²) >= 11 is -5.69. The fraction of sp³-hybridized carbons (Fsp3) is 0.400. The van der Waals surface area contributed by atoms with Crippen LogP contribution in [0.15, 0.2) is 103 Å². The first kappa shape index (κ1) is 46.5. The van der Waals surface area contributed by atoms with E-state index in [2.05, 4.69) is 152 Å². The van der Waals surface area contributed by atoms with Gasteiger partial charge in [-0.2, -0.15) is 0 Å². The van der Waals surface area contributed by atoms with Gasteiger partial charge >= 0.3 is 351 Å². The Bertz CT molecular complexity index is 2610. The summed E-state index contributed by atoms with van der Waals surface area (Å²) in [5.41, 5.74) is 13.8. The fourth-order valence-corrected chi connectivity index (χ4v) is 31.2. The van der Waals surface area contributed by atoms with Crippen molar-refractivity contribution in [2.24, 2.45) is 22.2 Å². The predicted molar refractivity (Wildman–Crippen MR) is 258 cm³/mol. The minimum absolute atomic E-state index is 0. The number of allylic oxidation sites excluding steroid dienone is 8. The maximum atomic E-state index is 16.1. The molecule has 0 fully saturated rings. The molecular formula is C55H66Cl2F2Zr. The van der Waals surface area contributed by atoms with Crippen LogP contribution >= 0.6 is 24.8 Å². The van der Waals surface area contributed by atoms with Crippen molar-refractivity contribution >= 4 is 46.7 Å². The molecule has 318 valence electrons. The summed E-state index contributed by atoms with van der Waals surface area (Å²) in [6.07, 6.45) is 9.14. The molecule has 4 aliphatic rings. The van der Waals surface area contributed by atoms with Crippen molar-refractivity contribution in [3.8, 4) is 11.1 Å². The molecule has 0 aromatic heterocycles. The van der Waals surface area contributed by atoms with Gasteiger partial charge in [0.25, 0.3) is 0 Å². The number of hydrogen-bond acceptors (Lipinski definition) is 0. The zero-order valence-electron chi connectivity index (χ0n) is 38.4. The number of hydrogen-bond donors (Lipinski definition) is 0. The van der Waals surface area contributed by atoms with Gasteiger partial charge in [-0.25, -0.2) is 0 Å². The third-order valence-electron chi connectivity index (χ3n) is 14.5. The third kappa shape index (κ3) is 6.60. The van der Waals surface area contributed by atoms with E-state index in [1.54, 1.807) is 24.3 Å². The van der Waals surface area contributed by atoms with E-state index in [0.717, 1.165) is 19.4 Å². The maximum absolute atomic E-state index is 16.1. The average molecular weight is 927 g/mol. The fourth-order valence-electron chi connectivity index (χ4n) is 11.8. The summed E-state index contributed by atoms with van der Waals surface area (Å²) < 4.78 is 42.4. The van der Waals surface area contributed by atoms with Gasteiger partial charge in [0.2, 0.25) is 0 Å². The van der Waals surface area contributed by atoms with E-state index < -0.39 is 23.7 Å². The molecule has 0 saturated carbocycles. The van der Waals surface area contributed by atoms with Crippen LogP contribution < -0.4 is 6.54 Å². The van der Waals surface area contributed by atoms with Gasteiger partial charge in [-0.1, -0.05) is 0 Å². The van der Waals surface area contributed by atoms with Gasteiger partial charge in [0.05, 0.1) is 0 Å². The molecule has 1 atom stereocenters. The van der Waals surface area contributed by atoms with Crippen LogP contribution in [0.4, 0.5) is 8.78 Å². The van der Waals surface area contributed by atoms with E-state index in [9.17, 15) is 0 Å². The van der Waals surface area contributed by atoms with Crippen LogP contribution in [0.1, 0.15) is 137 Å². The number of halogens is 4. The van der Waals surface area contributed by atoms with Gasteiger partial charge in [0.1, 0.15) is 0 Å². The quantitative estimate of drug-likeness (QED) is 0.165. The molecule has 0 radical (unpaired) electrons. The van der Waals surface area contributed by atoms with Gasteiger partial charge in [0.15, 0.2) is 0 Å². The third-order valence-corrected chi connectivity index (χ3v) is 31.6. The molecule has 0 N–H and O–H groups in total. The van der Waals surface area contributed by atoms with Gasteiger partial charge in [0, 0.05) is 0 Å². The molecule has 4 aromatic rings. The second-order valence-electron chi connectivity index (χ2n) is 22.4. The predicted octanol–water partition coefficient (Wildman–Crippen LogP) is 14.8. The van der Waals surface area contributed by atoms with Crippen LogP contribution in [0.25, 0.3) is 22.3 Å². The van der Waals surface area contributed by atoms with Gasteiger partial charge in [-0.3, -0.25) is 0 Å². The van der Waals surface area contributed by atoms with Gasteiger partial charge in [-0.15, -0.1) is 24.8 Å². The normalized spacial score (nSPS) is 19.1. The van der Waals surface area contributed by atoms with Crippen LogP contribution in [-0.4, -0.2) is 4.21 Å². The van der Waals surface area contributed by atoms with Crippen LogP contribution in [0.5, 0.6) is 0 Å². The molecule has 0 heterocycles. The van der Waals surface area contributed by atoms with Crippen molar-refractivity contribution in [3.63, 3.8) is 0 Å². The average Bonchev–Trinajstić information content (AvgIpc) is 3.85. The first-order chi connectivity index (χ1) is 26.7. The summed E-state index contributed by atoms with van der Waals surface area (Å²) in [5, 5.41) is 0. The van der Waals surface area contributed by atoms with E-state index in [0.29, 0.717) is 0 Å². The summed E-state index contributed by atoms with van der Waals surface area (Å²) in [6.45, 7) is 32.5. The summed E-state index contributed by atoms with van der Waals surface area (Å²) in [4.78, 5) is 0. The molecule has 0 bridgehead atoms. The first-order valence-electron chi connectivity index (χ1n) is 21.6. The van der Waals surface area contributed by atoms with Gasteiger partial charge in [-0.05, 0) is 0 Å². The monoisotopic (exact) mass is 924 g/mol. The van der Waals surface area contributed by atoms with Crippen molar-refractivity contribution in [2.45, 2.75) is 121 Å². The molecule has 4 aromatic carbocycles. The van der Waals surface area contributed by atoms with E-state index in [1.165, 1.54) is 67.8 Å². The Morgan fingerprint density at radius 2 is 1.18 bits per heavy atom. The summed E-state index contributed by atoms with van der Waals surface area (Å²) in [5.74, 6) is -0.491. The standard InChI is InChI=1S/C31H37.C11H17.2C6H4F.CH2.2ClH.Zr/c1-28(2,3)26-16-30(7,8)24-12-18-11-19-13-25-23(15-21(19)20(18)14-22(24)26)27(29(4,5)6)17-31(25,9)10;1-5-9-6-7-10(8-9)11(2,3)4;2*7-6-4-2-1-3-5-6;;;;/h12-16H,11H2,1-10H3;7-9H,5H2,1-4H3;2*1-2,4-5H;1H2;2*1H;. The van der Waals surface area contributed by atoms with E-state index in [-0.39, 0.29) is 64.0 Å². The second kappa shape index (κ2) is 14.5. The molecule has 5 heteroatoms. The van der Waals surface area contributed by atoms with Crippen molar-refractivity contribution in [3.05, 3.63) is 148 Å². The molecule has 0 saturated heterocycles. The molecule has 0 nitrogen and oxygen atoms in total. The van der Waals surface area contributed by atoms with Crippen molar-refractivity contribution in [1.29, 1.82) is 0 Å². The Kier molecular flexibility index (Phi) is 11.3. The van der Waals surface area contributed by atoms with Gasteiger partial charge < -0.3 is 0 Å². The Labute approximate surface area is 373 Å². The molecule has 0 aliphatic heterocycles. The number of rotatable bonds is 5. The molecule has 8 rings (SSSR count). The zero-order chi connectivity index (χ0) is 42.4. The van der Waals surface area contributed by atoms with Crippen LogP contribution in [0.3, 0.4) is 0 Å². The Morgan fingerprint density at radius 3 is 1.65 bits per heavy atom. The van der Waals surface area contributed by atoms with Crippen molar-refractivity contribution < 1.29 is 27.1 Å². The second-order valence-corrected chi connectivity index (χ2v) is 35.1. The SMILES string of the molecule is Cl.Cl.[CH2]=[Zr]([C]1=CC(C(C)(C)C)=CC1CC)([C]1=C(C(C)(C)C)c2cc3c(cc2C1(C)C)Cc1cc2c(cc1-3)C(C(C)(C)C)=CC2(C)C)([c]1cccc(F)c1)[c]1cccc(F)c1. The topological polar surface area (TPSA) is 0 Å². The summed E-state index contributed by atoms with van der Waals surface area (Å²) in [7, 11) is 0. The zero-order valence-corrected chi connectivity index (χ0v) is 42.5. The van der Waals surface area contributed by atoms with Crippen molar-refractivity contribution in [1.82, 2.24) is 0 Å². The Balaban J connectivity index is 0.00000302. The molecule has 60 heavy (non-hydrogen) atoms. The molecule has 4 aliphatic carbocycles. The Hall–Kier alpha value is -2.97. The van der Waals surface area contributed by atoms with Crippen LogP contribution in [0, 0.1) is 33.8 Å². The number of benzene rings is 4. The van der Waals surface area contributed by atoms with E-state index in [1.807, 2.05) is 12.1 Å². The first-order valence-corrected chi connectivity index (χ1v) is 28.2. The summed E-state index contributed by atoms with van der Waals surface area (Å²) in [6, 6.07) is 24.6. The van der Waals surface area contributed by atoms with Crippen molar-refractivity contribution in [2.75, 3.05) is 0 Å². The van der Waals surface area contributed by atoms with E-state index in [4.69, 9.17) is 4.21 Å². The molecule has 0 amide bonds. The Morgan fingerprint density at radius 1 is 0.667 bits per heavy atom. The van der Waals surface area contributed by atoms with Crippen LogP contribution in [0.2, 0.25) is 0 Å². The molecule has 1 unspecified atom stereocenters. The number of fused-ring (bicyclic) bond motifs is 5.